The predicted molar refractivity (Wildman–Crippen MR) is 169 cm³/mol. The lowest BCUT2D eigenvalue weighted by atomic mass is 9.41. The van der Waals surface area contributed by atoms with Crippen LogP contribution in [-0.2, 0) is 19.1 Å². The molecule has 7 heteroatoms. The lowest BCUT2D eigenvalue weighted by Gasteiger charge is -2.60. The number of ether oxygens (including phenoxy) is 1. The fraction of sp³-hybridized carbons (Fsp3) is 0.865. The molecular weight excluding hydrogens is 552 g/mol. The smallest absolute Gasteiger partial charge is 0.315 e. The average molecular weight is 609 g/mol. The molecule has 3 saturated heterocycles. The molecule has 0 spiro atoms. The molecule has 3 aliphatic heterocycles. The maximum Gasteiger partial charge on any atom is 0.315 e. The maximum absolute atomic E-state index is 14.1. The SMILES string of the molecule is CC(C)C1=CC2CC3(C=O)[C@@H]4CC[C@@H](C)[C@H]4CC2(C2CC(CCC(=O)N4CCCCC4)C(CN4CCCCC4)O2)C13C(=O)O. The van der Waals surface area contributed by atoms with Gasteiger partial charge >= 0.3 is 5.97 Å². The molecule has 4 aliphatic carbocycles. The van der Waals surface area contributed by atoms with E-state index in [1.807, 2.05) is 0 Å². The molecule has 0 aromatic rings. The van der Waals surface area contributed by atoms with E-state index >= 15 is 0 Å². The van der Waals surface area contributed by atoms with E-state index in [1.54, 1.807) is 0 Å². The van der Waals surface area contributed by atoms with Crippen molar-refractivity contribution in [2.75, 3.05) is 32.7 Å². The van der Waals surface area contributed by atoms with E-state index in [0.29, 0.717) is 24.7 Å². The van der Waals surface area contributed by atoms with Gasteiger partial charge < -0.3 is 24.4 Å². The molecule has 7 unspecified atom stereocenters. The van der Waals surface area contributed by atoms with Crippen LogP contribution in [0.1, 0.15) is 104 Å². The normalized spacial score (nSPS) is 45.0. The molecule has 0 aromatic heterocycles. The number of carbonyl (C=O) groups is 3. The Morgan fingerprint density at radius 2 is 1.75 bits per heavy atom. The molecule has 7 nitrogen and oxygen atoms in total. The molecule has 7 rings (SSSR count). The highest BCUT2D eigenvalue weighted by Gasteiger charge is 2.86. The van der Waals surface area contributed by atoms with E-state index in [1.165, 1.54) is 25.7 Å². The van der Waals surface area contributed by atoms with Crippen molar-refractivity contribution in [2.45, 2.75) is 116 Å². The molecule has 244 valence electrons. The first kappa shape index (κ1) is 30.9. The van der Waals surface area contributed by atoms with Gasteiger partial charge in [-0.1, -0.05) is 45.3 Å². The minimum atomic E-state index is -1.20. The second-order valence-electron chi connectivity index (χ2n) is 16.4. The molecule has 10 atom stereocenters. The monoisotopic (exact) mass is 608 g/mol. The van der Waals surface area contributed by atoms with Crippen molar-refractivity contribution in [3.63, 3.8) is 0 Å². The van der Waals surface area contributed by atoms with Crippen LogP contribution in [0.25, 0.3) is 0 Å². The van der Waals surface area contributed by atoms with E-state index in [-0.39, 0.29) is 41.8 Å². The van der Waals surface area contributed by atoms with Crippen molar-refractivity contribution in [2.24, 2.45) is 51.8 Å². The lowest BCUT2D eigenvalue weighted by Crippen LogP contribution is -2.65. The van der Waals surface area contributed by atoms with Crippen molar-refractivity contribution >= 4 is 18.2 Å². The zero-order valence-corrected chi connectivity index (χ0v) is 27.5. The summed E-state index contributed by atoms with van der Waals surface area (Å²) in [7, 11) is 0. The Morgan fingerprint density at radius 1 is 1.05 bits per heavy atom. The van der Waals surface area contributed by atoms with E-state index < -0.39 is 22.2 Å². The summed E-state index contributed by atoms with van der Waals surface area (Å²) >= 11 is 0. The van der Waals surface area contributed by atoms with Gasteiger partial charge in [-0.2, -0.15) is 0 Å². The van der Waals surface area contributed by atoms with Gasteiger partial charge in [0.05, 0.1) is 17.6 Å². The minimum absolute atomic E-state index is 0.000619. The molecule has 0 radical (unpaired) electrons. The van der Waals surface area contributed by atoms with E-state index in [9.17, 15) is 19.5 Å². The number of aldehydes is 1. The van der Waals surface area contributed by atoms with Crippen molar-refractivity contribution in [3.05, 3.63) is 11.6 Å². The summed E-state index contributed by atoms with van der Waals surface area (Å²) in [5, 5.41) is 11.5. The third-order valence-corrected chi connectivity index (χ3v) is 14.3. The van der Waals surface area contributed by atoms with Gasteiger partial charge in [-0.05, 0) is 113 Å². The molecule has 3 saturated carbocycles. The summed E-state index contributed by atoms with van der Waals surface area (Å²) < 4.78 is 7.29. The van der Waals surface area contributed by atoms with Crippen molar-refractivity contribution in [3.8, 4) is 0 Å². The second-order valence-corrected chi connectivity index (χ2v) is 16.4. The fourth-order valence-corrected chi connectivity index (χ4v) is 12.5. The number of hydrogen-bond acceptors (Lipinski definition) is 5. The van der Waals surface area contributed by atoms with Crippen LogP contribution in [0.15, 0.2) is 11.6 Å². The number of likely N-dealkylation sites (tertiary alicyclic amines) is 2. The van der Waals surface area contributed by atoms with Crippen LogP contribution in [0.2, 0.25) is 0 Å². The average Bonchev–Trinajstić information content (AvgIpc) is 3.74. The van der Waals surface area contributed by atoms with Gasteiger partial charge in [0.1, 0.15) is 11.7 Å². The van der Waals surface area contributed by atoms with Gasteiger partial charge in [-0.15, -0.1) is 0 Å². The molecule has 0 aromatic carbocycles. The number of piperidine rings is 2. The molecule has 44 heavy (non-hydrogen) atoms. The Labute approximate surface area is 264 Å². The highest BCUT2D eigenvalue weighted by Crippen LogP contribution is 2.84. The summed E-state index contributed by atoms with van der Waals surface area (Å²) in [5.74, 6) is 0.813. The Balaban J connectivity index is 1.25. The minimum Gasteiger partial charge on any atom is -0.481 e. The maximum atomic E-state index is 14.1. The number of carboxylic acids is 1. The Bertz CT molecular complexity index is 1170. The molecule has 1 amide bonds. The molecule has 6 fully saturated rings. The highest BCUT2D eigenvalue weighted by molar-refractivity contribution is 5.90. The van der Waals surface area contributed by atoms with Gasteiger partial charge in [-0.3, -0.25) is 9.59 Å². The number of fused-ring (bicyclic) bond motifs is 2. The molecular formula is C37H56N2O5. The third-order valence-electron chi connectivity index (χ3n) is 14.3. The number of carbonyl (C=O) groups excluding carboxylic acids is 2. The van der Waals surface area contributed by atoms with Gasteiger partial charge in [0, 0.05) is 31.5 Å². The van der Waals surface area contributed by atoms with Crippen LogP contribution in [0.5, 0.6) is 0 Å². The van der Waals surface area contributed by atoms with Gasteiger partial charge in [0.2, 0.25) is 5.91 Å². The van der Waals surface area contributed by atoms with Crippen LogP contribution in [0.3, 0.4) is 0 Å². The quantitative estimate of drug-likeness (QED) is 0.257. The van der Waals surface area contributed by atoms with Gasteiger partial charge in [0.15, 0.2) is 0 Å². The largest absolute Gasteiger partial charge is 0.481 e. The number of nitrogens with zero attached hydrogens (tertiary/aromatic N) is 2. The first-order valence-corrected chi connectivity index (χ1v) is 18.3. The molecule has 1 N–H and O–H groups in total. The number of amides is 1. The zero-order valence-electron chi connectivity index (χ0n) is 27.5. The summed E-state index contributed by atoms with van der Waals surface area (Å²) in [6, 6.07) is 0. The van der Waals surface area contributed by atoms with Crippen LogP contribution < -0.4 is 0 Å². The number of rotatable bonds is 9. The number of carboxylic acid groups (broad SMARTS) is 1. The second kappa shape index (κ2) is 11.5. The predicted octanol–water partition coefficient (Wildman–Crippen LogP) is 5.96. The van der Waals surface area contributed by atoms with Crippen molar-refractivity contribution in [1.29, 1.82) is 0 Å². The fourth-order valence-electron chi connectivity index (χ4n) is 12.5. The van der Waals surface area contributed by atoms with E-state index in [2.05, 4.69) is 36.6 Å². The van der Waals surface area contributed by atoms with Gasteiger partial charge in [0.25, 0.3) is 0 Å². The Morgan fingerprint density at radius 3 is 2.41 bits per heavy atom. The lowest BCUT2D eigenvalue weighted by molar-refractivity contribution is -0.197. The summed E-state index contributed by atoms with van der Waals surface area (Å²) in [4.78, 5) is 45.5. The zero-order chi connectivity index (χ0) is 30.9. The summed E-state index contributed by atoms with van der Waals surface area (Å²) in [5.41, 5.74) is -1.68. The number of hydrogen-bond donors (Lipinski definition) is 1. The van der Waals surface area contributed by atoms with Crippen LogP contribution in [0, 0.1) is 51.8 Å². The number of aliphatic carboxylic acids is 1. The van der Waals surface area contributed by atoms with Crippen LogP contribution in [-0.4, -0.2) is 78.0 Å². The first-order chi connectivity index (χ1) is 21.2. The molecule has 4 bridgehead atoms. The van der Waals surface area contributed by atoms with Gasteiger partial charge in [-0.25, -0.2) is 0 Å². The van der Waals surface area contributed by atoms with E-state index in [4.69, 9.17) is 4.74 Å². The topological polar surface area (TPSA) is 87.2 Å². The van der Waals surface area contributed by atoms with Crippen molar-refractivity contribution in [1.82, 2.24) is 9.80 Å². The van der Waals surface area contributed by atoms with Crippen LogP contribution in [0.4, 0.5) is 0 Å². The standard InChI is InChI=1S/C37H56N2O5/c1-24(2)30-19-27-20-35(23-40)29-12-10-25(3)28(29)21-36(27,37(30,35)34(42)43)32-18-26(11-13-33(41)39-16-8-5-9-17-39)31(44-32)22-38-14-6-4-7-15-38/h19,23-29,31-32H,4-18,20-22H2,1-3H3,(H,42,43)/t25-,26?,27?,28-,29-,31?,32?,35?,36?,37?/m1/s1. The first-order valence-electron chi connectivity index (χ1n) is 18.3. The third kappa shape index (κ3) is 4.22. The van der Waals surface area contributed by atoms with Crippen molar-refractivity contribution < 1.29 is 24.2 Å². The molecule has 7 aliphatic rings. The highest BCUT2D eigenvalue weighted by atomic mass is 16.5. The number of allylic oxidation sites excluding steroid dienone is 1. The molecule has 3 heterocycles. The summed E-state index contributed by atoms with van der Waals surface area (Å²) in [6.45, 7) is 11.4. The Hall–Kier alpha value is -1.73. The van der Waals surface area contributed by atoms with E-state index in [0.717, 1.165) is 89.5 Å². The summed E-state index contributed by atoms with van der Waals surface area (Å²) in [6.07, 6.45) is 16.0. The Kier molecular flexibility index (Phi) is 8.08. The van der Waals surface area contributed by atoms with Crippen LogP contribution >= 0.6 is 0 Å².